The van der Waals surface area contributed by atoms with Crippen molar-refractivity contribution < 1.29 is 14.3 Å². The molecule has 2 aromatic carbocycles. The van der Waals surface area contributed by atoms with E-state index in [1.54, 1.807) is 24.5 Å². The summed E-state index contributed by atoms with van der Waals surface area (Å²) in [6.07, 6.45) is 7.19. The van der Waals surface area contributed by atoms with Crippen molar-refractivity contribution in [3.8, 4) is 5.88 Å². The first-order valence-corrected chi connectivity index (χ1v) is 16.1. The van der Waals surface area contributed by atoms with Gasteiger partial charge in [-0.2, -0.15) is 4.98 Å². The minimum atomic E-state index is -0.183. The molecule has 5 aromatic rings. The van der Waals surface area contributed by atoms with Crippen molar-refractivity contribution in [3.05, 3.63) is 107 Å². The van der Waals surface area contributed by atoms with E-state index in [4.69, 9.17) is 26.1 Å². The number of halogens is 1. The lowest BCUT2D eigenvalue weighted by Gasteiger charge is -2.32. The molecule has 2 saturated heterocycles. The fourth-order valence-electron chi connectivity index (χ4n) is 6.01. The number of fused-ring (bicyclic) bond motifs is 1. The van der Waals surface area contributed by atoms with Crippen LogP contribution in [0.15, 0.2) is 73.1 Å². The number of likely N-dealkylation sites (tertiary alicyclic amines) is 1. The topological polar surface area (TPSA) is 107 Å². The summed E-state index contributed by atoms with van der Waals surface area (Å²) in [6.45, 7) is 5.91. The normalized spacial score (nSPS) is 17.1. The molecule has 0 unspecified atom stereocenters. The number of imidazole rings is 1. The van der Waals surface area contributed by atoms with Gasteiger partial charge in [-0.3, -0.25) is 14.7 Å². The number of rotatable bonds is 10. The zero-order chi connectivity index (χ0) is 31.5. The second kappa shape index (κ2) is 13.5. The lowest BCUT2D eigenvalue weighted by atomic mass is 10.1. The first-order chi connectivity index (χ1) is 22.5. The number of nitrogens with one attached hydrogen (secondary N) is 1. The zero-order valence-corrected chi connectivity index (χ0v) is 26.5. The third-order valence-corrected chi connectivity index (χ3v) is 8.91. The molecule has 3 aromatic heterocycles. The average Bonchev–Trinajstić information content (AvgIpc) is 3.37. The Morgan fingerprint density at radius 3 is 2.61 bits per heavy atom. The number of hydrogen-bond acceptors (Lipinski definition) is 8. The van der Waals surface area contributed by atoms with E-state index in [1.165, 1.54) is 0 Å². The van der Waals surface area contributed by atoms with Gasteiger partial charge < -0.3 is 19.4 Å². The van der Waals surface area contributed by atoms with Crippen LogP contribution in [0.2, 0.25) is 5.02 Å². The number of aryl methyl sites for hydroxylation is 1. The highest BCUT2D eigenvalue weighted by Crippen LogP contribution is 2.26. The SMILES string of the molecule is Cc1ncccc1C(=O)Nc1ccc2c(c1)nc(CN1CCC(Oc3ccnc(Cc4ccc(Cl)cc4)n3)CC1)n2C[C@@H]1CCO1. The first-order valence-electron chi connectivity index (χ1n) is 15.8. The largest absolute Gasteiger partial charge is 0.474 e. The van der Waals surface area contributed by atoms with E-state index < -0.39 is 0 Å². The van der Waals surface area contributed by atoms with Crippen LogP contribution in [0.1, 0.15) is 52.5 Å². The van der Waals surface area contributed by atoms with Crippen molar-refractivity contribution in [2.45, 2.75) is 57.9 Å². The van der Waals surface area contributed by atoms with Gasteiger partial charge in [0.05, 0.1) is 35.8 Å². The summed E-state index contributed by atoms with van der Waals surface area (Å²) in [7, 11) is 0. The van der Waals surface area contributed by atoms with Crippen LogP contribution in [0, 0.1) is 6.92 Å². The molecule has 7 rings (SSSR count). The van der Waals surface area contributed by atoms with E-state index in [-0.39, 0.29) is 18.1 Å². The van der Waals surface area contributed by atoms with Crippen LogP contribution in [0.5, 0.6) is 5.88 Å². The van der Waals surface area contributed by atoms with Gasteiger partial charge in [-0.15, -0.1) is 0 Å². The van der Waals surface area contributed by atoms with Crippen molar-refractivity contribution in [3.63, 3.8) is 0 Å². The third-order valence-electron chi connectivity index (χ3n) is 8.66. The van der Waals surface area contributed by atoms with Gasteiger partial charge in [-0.25, -0.2) is 9.97 Å². The highest BCUT2D eigenvalue weighted by molar-refractivity contribution is 6.30. The van der Waals surface area contributed by atoms with Crippen LogP contribution < -0.4 is 10.1 Å². The Morgan fingerprint density at radius 1 is 1.02 bits per heavy atom. The van der Waals surface area contributed by atoms with Gasteiger partial charge in [0.2, 0.25) is 5.88 Å². The minimum absolute atomic E-state index is 0.0892. The van der Waals surface area contributed by atoms with Crippen LogP contribution in [0.25, 0.3) is 11.0 Å². The summed E-state index contributed by atoms with van der Waals surface area (Å²) in [6, 6.07) is 19.0. The van der Waals surface area contributed by atoms with Crippen LogP contribution in [0.4, 0.5) is 5.69 Å². The number of amides is 1. The highest BCUT2D eigenvalue weighted by Gasteiger charge is 2.26. The van der Waals surface area contributed by atoms with Crippen molar-refractivity contribution in [2.75, 3.05) is 25.0 Å². The van der Waals surface area contributed by atoms with Crippen molar-refractivity contribution in [1.82, 2.24) is 29.4 Å². The molecule has 1 amide bonds. The molecule has 11 heteroatoms. The molecule has 1 N–H and O–H groups in total. The van der Waals surface area contributed by atoms with E-state index in [1.807, 2.05) is 55.5 Å². The molecule has 10 nitrogen and oxygen atoms in total. The molecule has 2 fully saturated rings. The number of aromatic nitrogens is 5. The number of hydrogen-bond donors (Lipinski definition) is 1. The van der Waals surface area contributed by atoms with Crippen molar-refractivity contribution in [2.24, 2.45) is 0 Å². The summed E-state index contributed by atoms with van der Waals surface area (Å²) >= 11 is 6.02. The van der Waals surface area contributed by atoms with E-state index in [9.17, 15) is 4.79 Å². The molecule has 46 heavy (non-hydrogen) atoms. The highest BCUT2D eigenvalue weighted by atomic mass is 35.5. The Labute approximate surface area is 272 Å². The van der Waals surface area contributed by atoms with Gasteiger partial charge in [0.1, 0.15) is 17.8 Å². The van der Waals surface area contributed by atoms with Crippen LogP contribution in [0.3, 0.4) is 0 Å². The smallest absolute Gasteiger partial charge is 0.257 e. The standard InChI is InChI=1S/C35H36ClN7O3/c1-23-29(3-2-14-37-23)35(44)39-26-8-9-31-30(20-26)40-33(43(31)21-28-13-18-45-28)22-42-16-11-27(12-17-42)46-34-10-15-38-32(41-34)19-24-4-6-25(36)7-5-24/h2-10,14-15,20,27-28H,11-13,16-19,21-22H2,1H3,(H,39,44)/t28-/m0/s1. The van der Waals surface area contributed by atoms with Gasteiger partial charge in [0.25, 0.3) is 5.91 Å². The Kier molecular flexibility index (Phi) is 8.91. The van der Waals surface area contributed by atoms with Gasteiger partial charge in [-0.05, 0) is 74.2 Å². The number of ether oxygens (including phenoxy) is 2. The average molecular weight is 638 g/mol. The van der Waals surface area contributed by atoms with Gasteiger partial charge >= 0.3 is 0 Å². The Morgan fingerprint density at radius 2 is 1.85 bits per heavy atom. The van der Waals surface area contributed by atoms with Gasteiger partial charge in [0, 0.05) is 61.0 Å². The van der Waals surface area contributed by atoms with Gasteiger partial charge in [0.15, 0.2) is 0 Å². The number of anilines is 1. The molecular formula is C35H36ClN7O3. The number of pyridine rings is 1. The fourth-order valence-corrected chi connectivity index (χ4v) is 6.13. The Bertz CT molecular complexity index is 1830. The van der Waals surface area contributed by atoms with E-state index in [0.717, 1.165) is 80.3 Å². The Hall–Kier alpha value is -4.38. The predicted molar refractivity (Wildman–Crippen MR) is 176 cm³/mol. The Balaban J connectivity index is 1.00. The molecule has 236 valence electrons. The number of piperidine rings is 1. The number of benzene rings is 2. The monoisotopic (exact) mass is 637 g/mol. The summed E-state index contributed by atoms with van der Waals surface area (Å²) in [5, 5.41) is 3.73. The van der Waals surface area contributed by atoms with Crippen LogP contribution >= 0.6 is 11.6 Å². The second-order valence-electron chi connectivity index (χ2n) is 11.9. The number of carbonyl (C=O) groups excluding carboxylic acids is 1. The molecule has 0 aliphatic carbocycles. The molecule has 5 heterocycles. The molecule has 2 aliphatic rings. The molecule has 0 saturated carbocycles. The summed E-state index contributed by atoms with van der Waals surface area (Å²) in [4.78, 5) is 33.7. The maximum atomic E-state index is 12.9. The lowest BCUT2D eigenvalue weighted by molar-refractivity contribution is -0.0592. The minimum Gasteiger partial charge on any atom is -0.474 e. The van der Waals surface area contributed by atoms with E-state index in [2.05, 4.69) is 29.7 Å². The number of nitrogens with zero attached hydrogens (tertiary/aromatic N) is 6. The lowest BCUT2D eigenvalue weighted by Crippen LogP contribution is -2.39. The molecule has 0 bridgehead atoms. The third kappa shape index (κ3) is 7.04. The summed E-state index contributed by atoms with van der Waals surface area (Å²) < 4.78 is 14.4. The zero-order valence-electron chi connectivity index (χ0n) is 25.7. The maximum absolute atomic E-state index is 12.9. The van der Waals surface area contributed by atoms with Crippen molar-refractivity contribution in [1.29, 1.82) is 0 Å². The molecule has 1 atom stereocenters. The van der Waals surface area contributed by atoms with Crippen LogP contribution in [-0.2, 0) is 24.2 Å². The van der Waals surface area contributed by atoms with Crippen molar-refractivity contribution >= 4 is 34.2 Å². The summed E-state index contributed by atoms with van der Waals surface area (Å²) in [5.41, 5.74) is 4.95. The molecule has 0 radical (unpaired) electrons. The molecule has 2 aliphatic heterocycles. The van der Waals surface area contributed by atoms with Crippen LogP contribution in [-0.4, -0.2) is 67.2 Å². The molecular weight excluding hydrogens is 602 g/mol. The van der Waals surface area contributed by atoms with E-state index in [0.29, 0.717) is 34.3 Å². The maximum Gasteiger partial charge on any atom is 0.257 e. The fraction of sp³-hybridized carbons (Fsp3) is 0.343. The first kappa shape index (κ1) is 30.3. The second-order valence-corrected chi connectivity index (χ2v) is 12.4. The quantitative estimate of drug-likeness (QED) is 0.203. The predicted octanol–water partition coefficient (Wildman–Crippen LogP) is 5.86. The number of carbonyl (C=O) groups is 1. The van der Waals surface area contributed by atoms with Gasteiger partial charge in [-0.1, -0.05) is 23.7 Å². The molecule has 0 spiro atoms. The summed E-state index contributed by atoms with van der Waals surface area (Å²) in [5.74, 6) is 2.15. The van der Waals surface area contributed by atoms with E-state index >= 15 is 0 Å².